The third-order valence-electron chi connectivity index (χ3n) is 4.42. The van der Waals surface area contributed by atoms with Crippen molar-refractivity contribution >= 4 is 35.1 Å². The molecule has 0 atom stereocenters. The molecule has 164 valence electrons. The van der Waals surface area contributed by atoms with Crippen LogP contribution in [-0.2, 0) is 10.6 Å². The fraction of sp³-hybridized carbons (Fsp3) is 0.125. The van der Waals surface area contributed by atoms with Gasteiger partial charge in [0.05, 0.1) is 23.4 Å². The lowest BCUT2D eigenvalue weighted by molar-refractivity contribution is 0.0514. The molecule has 1 amide bonds. The maximum absolute atomic E-state index is 12.7. The van der Waals surface area contributed by atoms with Crippen molar-refractivity contribution in [1.82, 2.24) is 0 Å². The van der Waals surface area contributed by atoms with Gasteiger partial charge < -0.3 is 19.9 Å². The van der Waals surface area contributed by atoms with Crippen molar-refractivity contribution in [3.8, 4) is 11.5 Å². The number of esters is 1. The third-order valence-corrected chi connectivity index (χ3v) is 4.73. The molecule has 0 saturated heterocycles. The number of carboxylic acid groups (broad SMARTS) is 1. The number of amides is 1. The van der Waals surface area contributed by atoms with Gasteiger partial charge in [0, 0.05) is 11.4 Å². The molecule has 0 unspecified atom stereocenters. The van der Waals surface area contributed by atoms with E-state index in [0.29, 0.717) is 17.0 Å². The number of nitrogens with one attached hydrogen (secondary N) is 1. The maximum Gasteiger partial charge on any atom is 0.339 e. The van der Waals surface area contributed by atoms with Crippen molar-refractivity contribution in [3.05, 3.63) is 89.0 Å². The number of anilines is 1. The van der Waals surface area contributed by atoms with E-state index in [1.54, 1.807) is 49.4 Å². The molecule has 2 N–H and O–H groups in total. The van der Waals surface area contributed by atoms with Gasteiger partial charge in [-0.3, -0.25) is 4.79 Å². The molecule has 7 nitrogen and oxygen atoms in total. The molecular weight excluding hydrogens is 434 g/mol. The quantitative estimate of drug-likeness (QED) is 0.352. The summed E-state index contributed by atoms with van der Waals surface area (Å²) >= 11 is 5.84. The van der Waals surface area contributed by atoms with Crippen LogP contribution in [0, 0.1) is 0 Å². The highest BCUT2D eigenvalue weighted by atomic mass is 35.5. The summed E-state index contributed by atoms with van der Waals surface area (Å²) < 4.78 is 10.7. The number of benzene rings is 3. The van der Waals surface area contributed by atoms with Gasteiger partial charge in [-0.05, 0) is 55.0 Å². The van der Waals surface area contributed by atoms with Gasteiger partial charge >= 0.3 is 11.9 Å². The number of hydrogen-bond acceptors (Lipinski definition) is 5. The minimum Gasteiger partial charge on any atom is -0.478 e. The van der Waals surface area contributed by atoms with E-state index in [9.17, 15) is 19.5 Å². The predicted molar refractivity (Wildman–Crippen MR) is 120 cm³/mol. The van der Waals surface area contributed by atoms with Crippen molar-refractivity contribution in [1.29, 1.82) is 0 Å². The molecule has 3 aromatic carbocycles. The molecule has 0 bridgehead atoms. The Morgan fingerprint density at radius 2 is 1.75 bits per heavy atom. The van der Waals surface area contributed by atoms with Crippen LogP contribution in [0.1, 0.15) is 43.6 Å². The second-order valence-electron chi connectivity index (χ2n) is 6.62. The Morgan fingerprint density at radius 3 is 2.47 bits per heavy atom. The highest BCUT2D eigenvalue weighted by Gasteiger charge is 2.19. The summed E-state index contributed by atoms with van der Waals surface area (Å²) in [6, 6.07) is 17.7. The molecule has 0 fully saturated rings. The average molecular weight is 454 g/mol. The van der Waals surface area contributed by atoms with E-state index in [1.165, 1.54) is 18.2 Å². The van der Waals surface area contributed by atoms with E-state index in [1.807, 2.05) is 6.07 Å². The zero-order chi connectivity index (χ0) is 23.1. The third kappa shape index (κ3) is 5.44. The molecule has 0 aliphatic heterocycles. The topological polar surface area (TPSA) is 102 Å². The lowest BCUT2D eigenvalue weighted by Crippen LogP contribution is -2.13. The van der Waals surface area contributed by atoms with Crippen molar-refractivity contribution in [2.24, 2.45) is 0 Å². The highest BCUT2D eigenvalue weighted by molar-refractivity contribution is 6.17. The molecule has 8 heteroatoms. The van der Waals surface area contributed by atoms with Gasteiger partial charge in [-0.15, -0.1) is 11.6 Å². The largest absolute Gasteiger partial charge is 0.478 e. The van der Waals surface area contributed by atoms with Crippen LogP contribution in [0.3, 0.4) is 0 Å². The molecule has 0 saturated carbocycles. The number of aromatic carboxylic acids is 1. The lowest BCUT2D eigenvalue weighted by atomic mass is 10.1. The Balaban J connectivity index is 1.86. The van der Waals surface area contributed by atoms with E-state index < -0.39 is 11.9 Å². The van der Waals surface area contributed by atoms with Crippen LogP contribution in [0.4, 0.5) is 5.69 Å². The smallest absolute Gasteiger partial charge is 0.339 e. The van der Waals surface area contributed by atoms with E-state index in [2.05, 4.69) is 5.32 Å². The number of para-hydroxylation sites is 2. The van der Waals surface area contributed by atoms with Gasteiger partial charge in [-0.25, -0.2) is 9.59 Å². The fourth-order valence-corrected chi connectivity index (χ4v) is 3.09. The van der Waals surface area contributed by atoms with E-state index >= 15 is 0 Å². The Kier molecular flexibility index (Phi) is 7.46. The minimum atomic E-state index is -1.29. The maximum atomic E-state index is 12.7. The molecule has 32 heavy (non-hydrogen) atoms. The van der Waals surface area contributed by atoms with Crippen LogP contribution in [0.25, 0.3) is 0 Å². The summed E-state index contributed by atoms with van der Waals surface area (Å²) in [4.78, 5) is 36.3. The SMILES string of the molecule is CCOC(=O)c1ccc(Oc2ccccc2NC(=O)c2cccc(CCl)c2)cc1C(=O)O. The Morgan fingerprint density at radius 1 is 0.969 bits per heavy atom. The van der Waals surface area contributed by atoms with E-state index in [4.69, 9.17) is 21.1 Å². The summed E-state index contributed by atoms with van der Waals surface area (Å²) in [5.41, 5.74) is 1.31. The van der Waals surface area contributed by atoms with Gasteiger partial charge in [0.2, 0.25) is 0 Å². The fourth-order valence-electron chi connectivity index (χ4n) is 2.93. The lowest BCUT2D eigenvalue weighted by Gasteiger charge is -2.14. The van der Waals surface area contributed by atoms with Crippen LogP contribution in [-0.4, -0.2) is 29.6 Å². The van der Waals surface area contributed by atoms with Crippen molar-refractivity contribution < 1.29 is 29.0 Å². The zero-order valence-electron chi connectivity index (χ0n) is 17.1. The number of halogens is 1. The summed E-state index contributed by atoms with van der Waals surface area (Å²) in [5, 5.41) is 12.3. The predicted octanol–water partition coefficient (Wildman–Crippen LogP) is 5.34. The molecule has 0 spiro atoms. The van der Waals surface area contributed by atoms with Crippen LogP contribution in [0.2, 0.25) is 0 Å². The highest BCUT2D eigenvalue weighted by Crippen LogP contribution is 2.31. The van der Waals surface area contributed by atoms with Gasteiger partial charge in [0.1, 0.15) is 5.75 Å². The summed E-state index contributed by atoms with van der Waals surface area (Å²) in [6.45, 7) is 1.75. The second kappa shape index (κ2) is 10.5. The first-order valence-electron chi connectivity index (χ1n) is 9.70. The first-order valence-corrected chi connectivity index (χ1v) is 10.2. The first-order chi connectivity index (χ1) is 15.4. The molecule has 0 radical (unpaired) electrons. The number of carboxylic acids is 1. The Hall–Kier alpha value is -3.84. The number of hydrogen-bond donors (Lipinski definition) is 2. The molecule has 0 aliphatic rings. The van der Waals surface area contributed by atoms with Crippen LogP contribution < -0.4 is 10.1 Å². The first kappa shape index (κ1) is 22.8. The van der Waals surface area contributed by atoms with Gasteiger partial charge in [-0.2, -0.15) is 0 Å². The van der Waals surface area contributed by atoms with Gasteiger partial charge in [-0.1, -0.05) is 24.3 Å². The van der Waals surface area contributed by atoms with Crippen molar-refractivity contribution in [3.63, 3.8) is 0 Å². The number of rotatable bonds is 8. The Labute approximate surface area is 189 Å². The van der Waals surface area contributed by atoms with Crippen molar-refractivity contribution in [2.75, 3.05) is 11.9 Å². The van der Waals surface area contributed by atoms with Crippen LogP contribution >= 0.6 is 11.6 Å². The molecule has 3 aromatic rings. The van der Waals surface area contributed by atoms with Crippen LogP contribution in [0.15, 0.2) is 66.7 Å². The molecule has 0 aromatic heterocycles. The molecule has 3 rings (SSSR count). The number of ether oxygens (including phenoxy) is 2. The van der Waals surface area contributed by atoms with Crippen LogP contribution in [0.5, 0.6) is 11.5 Å². The van der Waals surface area contributed by atoms with E-state index in [0.717, 1.165) is 5.56 Å². The number of carbonyl (C=O) groups excluding carboxylic acids is 2. The molecular formula is C24H20ClNO6. The Bertz CT molecular complexity index is 1160. The molecule has 0 heterocycles. The van der Waals surface area contributed by atoms with Gasteiger partial charge in [0.25, 0.3) is 5.91 Å². The average Bonchev–Trinajstić information content (AvgIpc) is 2.80. The molecule has 0 aliphatic carbocycles. The zero-order valence-corrected chi connectivity index (χ0v) is 17.9. The second-order valence-corrected chi connectivity index (χ2v) is 6.89. The van der Waals surface area contributed by atoms with Crippen molar-refractivity contribution in [2.45, 2.75) is 12.8 Å². The summed E-state index contributed by atoms with van der Waals surface area (Å²) in [7, 11) is 0. The monoisotopic (exact) mass is 453 g/mol. The van der Waals surface area contributed by atoms with Gasteiger partial charge in [0.15, 0.2) is 5.75 Å². The standard InChI is InChI=1S/C24H20ClNO6/c1-2-31-24(30)18-11-10-17(13-19(18)23(28)29)32-21-9-4-3-8-20(21)26-22(27)16-7-5-6-15(12-16)14-25/h3-13H,2,14H2,1H3,(H,26,27)(H,28,29). The van der Waals surface area contributed by atoms with E-state index in [-0.39, 0.29) is 35.3 Å². The number of alkyl halides is 1. The normalized spacial score (nSPS) is 10.3. The summed E-state index contributed by atoms with van der Waals surface area (Å²) in [5.74, 6) is -1.61. The number of carbonyl (C=O) groups is 3. The summed E-state index contributed by atoms with van der Waals surface area (Å²) in [6.07, 6.45) is 0. The minimum absolute atomic E-state index is 0.0764.